The van der Waals surface area contributed by atoms with E-state index in [0.29, 0.717) is 24.9 Å². The zero-order valence-electron chi connectivity index (χ0n) is 12.4. The van der Waals surface area contributed by atoms with Crippen molar-refractivity contribution in [3.63, 3.8) is 0 Å². The fraction of sp³-hybridized carbons (Fsp3) is 0.786. The second kappa shape index (κ2) is 7.90. The van der Waals surface area contributed by atoms with Crippen LogP contribution in [0.1, 0.15) is 38.6 Å². The van der Waals surface area contributed by atoms with E-state index in [0.717, 1.165) is 30.8 Å². The lowest BCUT2D eigenvalue weighted by Gasteiger charge is -2.13. The molecular formula is C14H24N4O. The summed E-state index contributed by atoms with van der Waals surface area (Å²) in [5, 5.41) is 17.2. The smallest absolute Gasteiger partial charge is 0.0999 e. The summed E-state index contributed by atoms with van der Waals surface area (Å²) in [6.45, 7) is 8.02. The lowest BCUT2D eigenvalue weighted by atomic mass is 10.0. The van der Waals surface area contributed by atoms with Crippen molar-refractivity contribution in [3.8, 4) is 6.07 Å². The zero-order chi connectivity index (χ0) is 14.3. The molecule has 1 unspecified atom stereocenters. The molecule has 0 bridgehead atoms. The molecule has 0 radical (unpaired) electrons. The molecule has 0 aliphatic heterocycles. The average Bonchev–Trinajstić information content (AvgIpc) is 2.70. The molecule has 5 heteroatoms. The van der Waals surface area contributed by atoms with E-state index in [2.05, 4.69) is 37.2 Å². The molecule has 106 valence electrons. The van der Waals surface area contributed by atoms with Gasteiger partial charge in [-0.2, -0.15) is 5.26 Å². The van der Waals surface area contributed by atoms with Gasteiger partial charge in [0.15, 0.2) is 0 Å². The predicted octanol–water partition coefficient (Wildman–Crippen LogP) is 2.22. The maximum absolute atomic E-state index is 8.85. The fourth-order valence-electron chi connectivity index (χ4n) is 2.06. The molecule has 0 aromatic carbocycles. The maximum atomic E-state index is 8.85. The average molecular weight is 264 g/mol. The van der Waals surface area contributed by atoms with E-state index >= 15 is 0 Å². The predicted molar refractivity (Wildman–Crippen MR) is 73.5 cm³/mol. The number of hydrogen-bond acceptors (Lipinski definition) is 4. The van der Waals surface area contributed by atoms with Crippen molar-refractivity contribution >= 4 is 0 Å². The molecule has 0 saturated heterocycles. The van der Waals surface area contributed by atoms with E-state index in [1.807, 2.05) is 4.68 Å². The molecule has 1 aromatic heterocycles. The highest BCUT2D eigenvalue weighted by atomic mass is 16.5. The Morgan fingerprint density at radius 3 is 2.68 bits per heavy atom. The number of aromatic nitrogens is 3. The molecule has 5 nitrogen and oxygen atoms in total. The summed E-state index contributed by atoms with van der Waals surface area (Å²) < 4.78 is 7.10. The first-order valence-corrected chi connectivity index (χ1v) is 6.85. The monoisotopic (exact) mass is 264 g/mol. The van der Waals surface area contributed by atoms with Crippen molar-refractivity contribution in [1.29, 1.82) is 5.26 Å². The number of nitrogens with zero attached hydrogens (tertiary/aromatic N) is 4. The first kappa shape index (κ1) is 15.6. The van der Waals surface area contributed by atoms with Gasteiger partial charge in [-0.3, -0.25) is 0 Å². The van der Waals surface area contributed by atoms with Gasteiger partial charge in [0.25, 0.3) is 0 Å². The summed E-state index contributed by atoms with van der Waals surface area (Å²) in [6.07, 6.45) is 2.36. The summed E-state index contributed by atoms with van der Waals surface area (Å²) in [5.41, 5.74) is 1.94. The SMILES string of the molecule is COCC(C)Cn1nnc(CC#N)c1CCC(C)C. The summed E-state index contributed by atoms with van der Waals surface area (Å²) >= 11 is 0. The minimum atomic E-state index is 0.339. The second-order valence-electron chi connectivity index (χ2n) is 5.49. The van der Waals surface area contributed by atoms with Gasteiger partial charge in [-0.25, -0.2) is 4.68 Å². The van der Waals surface area contributed by atoms with E-state index in [1.165, 1.54) is 0 Å². The zero-order valence-corrected chi connectivity index (χ0v) is 12.4. The van der Waals surface area contributed by atoms with Gasteiger partial charge >= 0.3 is 0 Å². The Hall–Kier alpha value is -1.41. The Labute approximate surface area is 115 Å². The van der Waals surface area contributed by atoms with E-state index in [1.54, 1.807) is 7.11 Å². The molecule has 0 N–H and O–H groups in total. The molecule has 0 aliphatic carbocycles. The molecule has 1 heterocycles. The Morgan fingerprint density at radius 2 is 2.11 bits per heavy atom. The summed E-state index contributed by atoms with van der Waals surface area (Å²) in [6, 6.07) is 2.16. The molecule has 19 heavy (non-hydrogen) atoms. The third kappa shape index (κ3) is 4.99. The summed E-state index contributed by atoms with van der Waals surface area (Å²) in [5.74, 6) is 1.02. The third-order valence-electron chi connectivity index (χ3n) is 3.06. The van der Waals surface area contributed by atoms with Gasteiger partial charge in [0, 0.05) is 13.7 Å². The molecule has 0 spiro atoms. The highest BCUT2D eigenvalue weighted by Gasteiger charge is 2.15. The van der Waals surface area contributed by atoms with Crippen molar-refractivity contribution < 1.29 is 4.74 Å². The third-order valence-corrected chi connectivity index (χ3v) is 3.06. The van der Waals surface area contributed by atoms with Gasteiger partial charge in [-0.15, -0.1) is 5.10 Å². The Kier molecular flexibility index (Phi) is 6.51. The van der Waals surface area contributed by atoms with Gasteiger partial charge in [-0.05, 0) is 24.7 Å². The van der Waals surface area contributed by atoms with Crippen molar-refractivity contribution in [2.45, 2.75) is 46.6 Å². The van der Waals surface area contributed by atoms with Crippen LogP contribution in [-0.4, -0.2) is 28.7 Å². The molecule has 0 fully saturated rings. The van der Waals surface area contributed by atoms with Crippen LogP contribution < -0.4 is 0 Å². The molecule has 1 atom stereocenters. The standard InChI is InChI=1S/C14H24N4O/c1-11(2)5-6-14-13(7-8-15)16-17-18(14)9-12(3)10-19-4/h11-12H,5-7,9-10H2,1-4H3. The van der Waals surface area contributed by atoms with Gasteiger partial charge in [0.2, 0.25) is 0 Å². The maximum Gasteiger partial charge on any atom is 0.0999 e. The molecule has 1 aromatic rings. The topological polar surface area (TPSA) is 63.7 Å². The van der Waals surface area contributed by atoms with E-state index < -0.39 is 0 Å². The number of rotatable bonds is 8. The van der Waals surface area contributed by atoms with E-state index in [9.17, 15) is 0 Å². The molecule has 0 aliphatic rings. The molecule has 0 amide bonds. The van der Waals surface area contributed by atoms with Gasteiger partial charge in [0.1, 0.15) is 0 Å². The van der Waals surface area contributed by atoms with Crippen LogP contribution >= 0.6 is 0 Å². The molecular weight excluding hydrogens is 240 g/mol. The Morgan fingerprint density at radius 1 is 1.37 bits per heavy atom. The fourth-order valence-corrected chi connectivity index (χ4v) is 2.06. The highest BCUT2D eigenvalue weighted by molar-refractivity contribution is 5.14. The summed E-state index contributed by atoms with van der Waals surface area (Å²) in [4.78, 5) is 0. The Balaban J connectivity index is 2.81. The van der Waals surface area contributed by atoms with Crippen LogP contribution in [0.4, 0.5) is 0 Å². The number of ether oxygens (including phenoxy) is 1. The van der Waals surface area contributed by atoms with E-state index in [4.69, 9.17) is 10.00 Å². The van der Waals surface area contributed by atoms with E-state index in [-0.39, 0.29) is 0 Å². The molecule has 0 saturated carbocycles. The Bertz CT molecular complexity index is 420. The van der Waals surface area contributed by atoms with Crippen LogP contribution in [0.25, 0.3) is 0 Å². The second-order valence-corrected chi connectivity index (χ2v) is 5.49. The normalized spacial score (nSPS) is 12.6. The molecule has 1 rings (SSSR count). The highest BCUT2D eigenvalue weighted by Crippen LogP contribution is 2.14. The summed E-state index contributed by atoms with van der Waals surface area (Å²) in [7, 11) is 1.71. The lowest BCUT2D eigenvalue weighted by Crippen LogP contribution is -2.16. The van der Waals surface area contributed by atoms with Crippen LogP contribution in [0.15, 0.2) is 0 Å². The van der Waals surface area contributed by atoms with Gasteiger partial charge in [0.05, 0.1) is 30.5 Å². The van der Waals surface area contributed by atoms with Gasteiger partial charge in [-0.1, -0.05) is 26.0 Å². The number of nitriles is 1. The van der Waals surface area contributed by atoms with Crippen LogP contribution in [0.3, 0.4) is 0 Å². The van der Waals surface area contributed by atoms with Crippen LogP contribution in [0.5, 0.6) is 0 Å². The minimum Gasteiger partial charge on any atom is -0.384 e. The van der Waals surface area contributed by atoms with Crippen LogP contribution in [0.2, 0.25) is 0 Å². The van der Waals surface area contributed by atoms with Crippen LogP contribution in [0, 0.1) is 23.2 Å². The first-order valence-electron chi connectivity index (χ1n) is 6.85. The number of hydrogen-bond donors (Lipinski definition) is 0. The minimum absolute atomic E-state index is 0.339. The van der Waals surface area contributed by atoms with Crippen molar-refractivity contribution in [2.75, 3.05) is 13.7 Å². The largest absolute Gasteiger partial charge is 0.384 e. The lowest BCUT2D eigenvalue weighted by molar-refractivity contribution is 0.148. The van der Waals surface area contributed by atoms with Crippen molar-refractivity contribution in [1.82, 2.24) is 15.0 Å². The van der Waals surface area contributed by atoms with Crippen molar-refractivity contribution in [2.24, 2.45) is 11.8 Å². The van der Waals surface area contributed by atoms with Crippen molar-refractivity contribution in [3.05, 3.63) is 11.4 Å². The van der Waals surface area contributed by atoms with Gasteiger partial charge < -0.3 is 4.74 Å². The first-order chi connectivity index (χ1) is 9.08. The number of methoxy groups -OCH3 is 1. The van der Waals surface area contributed by atoms with Crippen LogP contribution in [-0.2, 0) is 24.1 Å². The quantitative estimate of drug-likeness (QED) is 0.722.